The molecule has 0 bridgehead atoms. The number of ether oxygens (including phenoxy) is 1. The van der Waals surface area contributed by atoms with E-state index < -0.39 is 0 Å². The molecule has 1 saturated carbocycles. The number of hydrogen-bond acceptors (Lipinski definition) is 3. The fraction of sp³-hybridized carbons (Fsp3) is 0.455. The highest BCUT2D eigenvalue weighted by molar-refractivity contribution is 5.43. The summed E-state index contributed by atoms with van der Waals surface area (Å²) in [6, 6.07) is 8.06. The maximum absolute atomic E-state index is 5.32. The van der Waals surface area contributed by atoms with Crippen LogP contribution in [0.3, 0.4) is 0 Å². The van der Waals surface area contributed by atoms with Crippen LogP contribution in [0.25, 0.3) is 0 Å². The molecule has 76 valence electrons. The maximum atomic E-state index is 5.32. The van der Waals surface area contributed by atoms with E-state index in [4.69, 9.17) is 15.5 Å². The zero-order chi connectivity index (χ0) is 10.0. The van der Waals surface area contributed by atoms with Crippen LogP contribution < -0.4 is 10.6 Å². The Hall–Kier alpha value is -1.06. The molecular weight excluding hydrogens is 178 g/mol. The molecule has 0 aliphatic heterocycles. The van der Waals surface area contributed by atoms with Crippen molar-refractivity contribution >= 4 is 0 Å². The lowest BCUT2D eigenvalue weighted by Gasteiger charge is -2.17. The molecule has 0 amide bonds. The Labute approximate surface area is 83.8 Å². The lowest BCUT2D eigenvalue weighted by Crippen LogP contribution is -2.18. The third-order valence-corrected chi connectivity index (χ3v) is 2.89. The molecule has 0 aromatic heterocycles. The van der Waals surface area contributed by atoms with Crippen LogP contribution in [0.4, 0.5) is 0 Å². The predicted octanol–water partition coefficient (Wildman–Crippen LogP) is 1.62. The number of nitrogens with two attached hydrogens (primary N) is 1. The van der Waals surface area contributed by atoms with Crippen molar-refractivity contribution in [3.05, 3.63) is 29.8 Å². The molecular formula is C11H15NO2. The van der Waals surface area contributed by atoms with Gasteiger partial charge in [0.05, 0.1) is 13.7 Å². The maximum Gasteiger partial charge on any atom is 0.122 e. The number of rotatable bonds is 4. The van der Waals surface area contributed by atoms with Crippen LogP contribution in [0.1, 0.15) is 18.4 Å². The van der Waals surface area contributed by atoms with Crippen LogP contribution in [0.5, 0.6) is 5.75 Å². The van der Waals surface area contributed by atoms with Gasteiger partial charge in [0, 0.05) is 11.0 Å². The van der Waals surface area contributed by atoms with Crippen LogP contribution >= 0.6 is 0 Å². The van der Waals surface area contributed by atoms with Gasteiger partial charge in [-0.25, -0.2) is 5.90 Å². The van der Waals surface area contributed by atoms with Crippen LogP contribution in [-0.4, -0.2) is 13.7 Å². The van der Waals surface area contributed by atoms with E-state index in [1.807, 2.05) is 18.2 Å². The average Bonchev–Trinajstić information content (AvgIpc) is 2.99. The molecule has 1 aliphatic carbocycles. The first-order valence-corrected chi connectivity index (χ1v) is 4.77. The van der Waals surface area contributed by atoms with Crippen LogP contribution in [0, 0.1) is 0 Å². The van der Waals surface area contributed by atoms with E-state index in [0.717, 1.165) is 18.6 Å². The summed E-state index contributed by atoms with van der Waals surface area (Å²) in [4.78, 5) is 4.77. The molecule has 3 nitrogen and oxygen atoms in total. The van der Waals surface area contributed by atoms with Gasteiger partial charge in [-0.15, -0.1) is 0 Å². The monoisotopic (exact) mass is 193 g/mol. The normalized spacial score (nSPS) is 17.9. The summed E-state index contributed by atoms with van der Waals surface area (Å²) >= 11 is 0. The minimum absolute atomic E-state index is 0.112. The van der Waals surface area contributed by atoms with Gasteiger partial charge in [-0.05, 0) is 18.9 Å². The Morgan fingerprint density at radius 2 is 2.07 bits per heavy atom. The quantitative estimate of drug-likeness (QED) is 0.739. The SMILES string of the molecule is COc1ccccc1C1(CON)CC1. The topological polar surface area (TPSA) is 44.5 Å². The third kappa shape index (κ3) is 1.49. The van der Waals surface area contributed by atoms with E-state index in [2.05, 4.69) is 6.07 Å². The summed E-state index contributed by atoms with van der Waals surface area (Å²) in [5.74, 6) is 6.08. The fourth-order valence-corrected chi connectivity index (χ4v) is 1.88. The molecule has 1 aliphatic rings. The summed E-state index contributed by atoms with van der Waals surface area (Å²) in [6.45, 7) is 0.577. The standard InChI is InChI=1S/C11H15NO2/c1-13-10-5-3-2-4-9(10)11(6-7-11)8-14-12/h2-5H,6-8,12H2,1H3. The molecule has 1 fully saturated rings. The zero-order valence-corrected chi connectivity index (χ0v) is 8.32. The van der Waals surface area contributed by atoms with Gasteiger partial charge in [0.25, 0.3) is 0 Å². The second-order valence-corrected chi connectivity index (χ2v) is 3.79. The van der Waals surface area contributed by atoms with Gasteiger partial charge >= 0.3 is 0 Å². The van der Waals surface area contributed by atoms with Crippen molar-refractivity contribution in [2.24, 2.45) is 5.90 Å². The highest BCUT2D eigenvalue weighted by Gasteiger charge is 2.46. The third-order valence-electron chi connectivity index (χ3n) is 2.89. The highest BCUT2D eigenvalue weighted by Crippen LogP contribution is 2.51. The van der Waals surface area contributed by atoms with Gasteiger partial charge in [-0.1, -0.05) is 18.2 Å². The summed E-state index contributed by atoms with van der Waals surface area (Å²) in [5.41, 5.74) is 1.33. The summed E-state index contributed by atoms with van der Waals surface area (Å²) < 4.78 is 5.32. The highest BCUT2D eigenvalue weighted by atomic mass is 16.6. The van der Waals surface area contributed by atoms with E-state index in [-0.39, 0.29) is 5.41 Å². The first-order chi connectivity index (χ1) is 6.82. The van der Waals surface area contributed by atoms with Crippen molar-refractivity contribution in [2.45, 2.75) is 18.3 Å². The van der Waals surface area contributed by atoms with E-state index in [1.54, 1.807) is 7.11 Å². The summed E-state index contributed by atoms with van der Waals surface area (Å²) in [6.07, 6.45) is 2.26. The molecule has 2 N–H and O–H groups in total. The lowest BCUT2D eigenvalue weighted by molar-refractivity contribution is 0.115. The molecule has 3 heteroatoms. The fourth-order valence-electron chi connectivity index (χ4n) is 1.88. The van der Waals surface area contributed by atoms with Gasteiger partial charge in [0.15, 0.2) is 0 Å². The molecule has 0 atom stereocenters. The zero-order valence-electron chi connectivity index (χ0n) is 8.32. The van der Waals surface area contributed by atoms with Crippen molar-refractivity contribution < 1.29 is 9.57 Å². The Kier molecular flexibility index (Phi) is 2.44. The molecule has 0 spiro atoms. The van der Waals surface area contributed by atoms with Gasteiger partial charge < -0.3 is 9.57 Å². The van der Waals surface area contributed by atoms with Gasteiger partial charge in [0.2, 0.25) is 0 Å². The Bertz CT molecular complexity index is 321. The molecule has 0 heterocycles. The number of hydrogen-bond donors (Lipinski definition) is 1. The summed E-state index contributed by atoms with van der Waals surface area (Å²) in [5, 5.41) is 0. The van der Waals surface area contributed by atoms with Crippen molar-refractivity contribution in [1.29, 1.82) is 0 Å². The van der Waals surface area contributed by atoms with Crippen molar-refractivity contribution in [1.82, 2.24) is 0 Å². The van der Waals surface area contributed by atoms with Crippen molar-refractivity contribution in [3.63, 3.8) is 0 Å². The first kappa shape index (κ1) is 9.49. The minimum atomic E-state index is 0.112. The Balaban J connectivity index is 2.31. The van der Waals surface area contributed by atoms with Gasteiger partial charge in [0.1, 0.15) is 5.75 Å². The van der Waals surface area contributed by atoms with Crippen LogP contribution in [-0.2, 0) is 10.3 Å². The largest absolute Gasteiger partial charge is 0.496 e. The first-order valence-electron chi connectivity index (χ1n) is 4.77. The minimum Gasteiger partial charge on any atom is -0.496 e. The predicted molar refractivity (Wildman–Crippen MR) is 54.0 cm³/mol. The van der Waals surface area contributed by atoms with E-state index in [9.17, 15) is 0 Å². The van der Waals surface area contributed by atoms with E-state index >= 15 is 0 Å². The molecule has 2 rings (SSSR count). The molecule has 14 heavy (non-hydrogen) atoms. The second-order valence-electron chi connectivity index (χ2n) is 3.79. The van der Waals surface area contributed by atoms with Crippen LogP contribution in [0.15, 0.2) is 24.3 Å². The van der Waals surface area contributed by atoms with Crippen molar-refractivity contribution in [3.8, 4) is 5.75 Å². The molecule has 1 aromatic rings. The van der Waals surface area contributed by atoms with Crippen LogP contribution in [0.2, 0.25) is 0 Å². The van der Waals surface area contributed by atoms with Gasteiger partial charge in [-0.2, -0.15) is 0 Å². The summed E-state index contributed by atoms with van der Waals surface area (Å²) in [7, 11) is 1.69. The number of benzene rings is 1. The second kappa shape index (κ2) is 3.59. The van der Waals surface area contributed by atoms with E-state index in [0.29, 0.717) is 6.61 Å². The smallest absolute Gasteiger partial charge is 0.122 e. The number of methoxy groups -OCH3 is 1. The Morgan fingerprint density at radius 1 is 1.36 bits per heavy atom. The molecule has 1 aromatic carbocycles. The van der Waals surface area contributed by atoms with Crippen molar-refractivity contribution in [2.75, 3.05) is 13.7 Å². The molecule has 0 radical (unpaired) electrons. The molecule has 0 saturated heterocycles. The lowest BCUT2D eigenvalue weighted by atomic mass is 9.96. The average molecular weight is 193 g/mol. The molecule has 0 unspecified atom stereocenters. The van der Waals surface area contributed by atoms with E-state index in [1.165, 1.54) is 5.56 Å². The van der Waals surface area contributed by atoms with Gasteiger partial charge in [-0.3, -0.25) is 0 Å². The Morgan fingerprint density at radius 3 is 2.64 bits per heavy atom. The number of para-hydroxylation sites is 1.